The summed E-state index contributed by atoms with van der Waals surface area (Å²) in [7, 11) is -2.18. The summed E-state index contributed by atoms with van der Waals surface area (Å²) >= 11 is 13.1. The Hall–Kier alpha value is -4.44. The lowest BCUT2D eigenvalue weighted by Gasteiger charge is -2.13. The predicted molar refractivity (Wildman–Crippen MR) is 268 cm³/mol. The first-order chi connectivity index (χ1) is 32.1. The van der Waals surface area contributed by atoms with E-state index in [0.717, 1.165) is 93.4 Å². The van der Waals surface area contributed by atoms with Crippen molar-refractivity contribution in [3.63, 3.8) is 0 Å². The van der Waals surface area contributed by atoms with Crippen LogP contribution in [0.5, 0.6) is 11.5 Å². The molecule has 6 rings (SSSR count). The lowest BCUT2D eigenvalue weighted by atomic mass is 10.0. The molecule has 352 valence electrons. The van der Waals surface area contributed by atoms with Crippen LogP contribution in [0.1, 0.15) is 86.8 Å². The zero-order valence-electron chi connectivity index (χ0n) is 38.9. The summed E-state index contributed by atoms with van der Waals surface area (Å²) in [6.07, 6.45) is 13.7. The molecule has 0 aliphatic heterocycles. The zero-order valence-corrected chi connectivity index (χ0v) is 41.3. The topological polar surface area (TPSA) is 104 Å². The van der Waals surface area contributed by atoms with Gasteiger partial charge in [-0.15, -0.1) is 9.05 Å². The third-order valence-corrected chi connectivity index (χ3v) is 12.5. The van der Waals surface area contributed by atoms with Gasteiger partial charge in [0, 0.05) is 50.0 Å². The van der Waals surface area contributed by atoms with Crippen LogP contribution in [0.15, 0.2) is 119 Å². The molecule has 0 aliphatic rings. The van der Waals surface area contributed by atoms with E-state index in [2.05, 4.69) is 99.0 Å². The van der Waals surface area contributed by atoms with Gasteiger partial charge in [0.15, 0.2) is 0 Å². The van der Waals surface area contributed by atoms with E-state index < -0.39 is 8.25 Å². The monoisotopic (exact) mass is 955 g/mol. The Labute approximate surface area is 402 Å². The van der Waals surface area contributed by atoms with Crippen LogP contribution in [0.25, 0.3) is 22.3 Å². The van der Waals surface area contributed by atoms with Crippen LogP contribution < -0.4 is 20.1 Å². The largest absolute Gasteiger partial charge is 0.697 e. The van der Waals surface area contributed by atoms with Crippen molar-refractivity contribution in [2.75, 3.05) is 39.5 Å². The average Bonchev–Trinajstić information content (AvgIpc) is 4.05. The first kappa shape index (κ1) is 51.0. The van der Waals surface area contributed by atoms with Gasteiger partial charge in [-0.2, -0.15) is 0 Å². The highest BCUT2D eigenvalue weighted by molar-refractivity contribution is 7.33. The lowest BCUT2D eigenvalue weighted by molar-refractivity contribution is 0.220. The molecule has 0 fully saturated rings. The van der Waals surface area contributed by atoms with Gasteiger partial charge in [0.1, 0.15) is 24.7 Å². The Morgan fingerprint density at radius 2 is 0.985 bits per heavy atom. The number of aryl methyl sites for hydroxylation is 2. The molecule has 0 bridgehead atoms. The van der Waals surface area contributed by atoms with Crippen molar-refractivity contribution in [2.24, 2.45) is 11.8 Å². The van der Waals surface area contributed by atoms with Crippen molar-refractivity contribution in [3.05, 3.63) is 153 Å². The third kappa shape index (κ3) is 17.0. The molecule has 2 heterocycles. The fraction of sp³-hybridized carbons (Fsp3) is 0.407. The van der Waals surface area contributed by atoms with Crippen molar-refractivity contribution in [1.29, 1.82) is 0 Å². The lowest BCUT2D eigenvalue weighted by Crippen LogP contribution is -2.16. The van der Waals surface area contributed by atoms with Crippen LogP contribution in [-0.4, -0.2) is 39.5 Å². The van der Waals surface area contributed by atoms with Gasteiger partial charge in [0.25, 0.3) is 0 Å². The first-order valence-corrected chi connectivity index (χ1v) is 25.2. The Morgan fingerprint density at radius 3 is 1.38 bits per heavy atom. The Kier molecular flexibility index (Phi) is 21.2. The standard InChI is InChI=1S/C54H66Cl2N2O7P/c1-39(2)29-45-15-11-41(33-51(45)55)9-5-23-62-53-17-13-43(31-49(53)47-19-27-60-37-47)35-57-21-7-25-64-66(59)65-26-8-22-58-36-44-14-18-54(50(32-44)48-20-28-61-38-48)63-24-6-10-42-12-16-46(30-40(3)4)52(56)34-42/h11-20,27-28,31-34,37-40,57-58H,5-10,21-26,29-30,35-36H2,1-4H3/q+1. The molecule has 66 heavy (non-hydrogen) atoms. The predicted octanol–water partition coefficient (Wildman–Crippen LogP) is 14.3. The van der Waals surface area contributed by atoms with Gasteiger partial charge in [-0.05, 0) is 158 Å². The van der Waals surface area contributed by atoms with Crippen molar-refractivity contribution in [1.82, 2.24) is 10.6 Å². The van der Waals surface area contributed by atoms with Crippen LogP contribution in [0.2, 0.25) is 10.0 Å². The second-order valence-corrected chi connectivity index (χ2v) is 19.4. The molecular formula is C54H66Cl2N2O7P+. The molecule has 9 nitrogen and oxygen atoms in total. The van der Waals surface area contributed by atoms with Crippen LogP contribution in [-0.2, 0) is 52.4 Å². The summed E-state index contributed by atoms with van der Waals surface area (Å²) < 4.78 is 46.6. The van der Waals surface area contributed by atoms with Crippen LogP contribution in [0, 0.1) is 11.8 Å². The minimum Gasteiger partial charge on any atom is -0.493 e. The molecule has 12 heteroatoms. The Morgan fingerprint density at radius 1 is 0.545 bits per heavy atom. The van der Waals surface area contributed by atoms with Crippen molar-refractivity contribution in [2.45, 2.75) is 92.2 Å². The number of halogens is 2. The molecule has 6 aromatic rings. The fourth-order valence-electron chi connectivity index (χ4n) is 7.71. The minimum absolute atomic E-state index is 0.335. The van der Waals surface area contributed by atoms with E-state index in [0.29, 0.717) is 77.3 Å². The first-order valence-electron chi connectivity index (χ1n) is 23.4. The molecule has 0 saturated heterocycles. The maximum Gasteiger partial charge on any atom is 0.697 e. The summed E-state index contributed by atoms with van der Waals surface area (Å²) in [6, 6.07) is 29.2. The van der Waals surface area contributed by atoms with Crippen LogP contribution in [0.4, 0.5) is 0 Å². The highest BCUT2D eigenvalue weighted by Crippen LogP contribution is 2.34. The molecular weight excluding hydrogens is 890 g/mol. The summed E-state index contributed by atoms with van der Waals surface area (Å²) in [5, 5.41) is 8.61. The number of ether oxygens (including phenoxy) is 2. The van der Waals surface area contributed by atoms with Gasteiger partial charge in [-0.3, -0.25) is 0 Å². The molecule has 0 spiro atoms. The quantitative estimate of drug-likeness (QED) is 0.0337. The van der Waals surface area contributed by atoms with Gasteiger partial charge >= 0.3 is 8.25 Å². The summed E-state index contributed by atoms with van der Waals surface area (Å²) in [6.45, 7) is 13.4. The number of hydrogen-bond acceptors (Lipinski definition) is 9. The van der Waals surface area contributed by atoms with Crippen LogP contribution in [0.3, 0.4) is 0 Å². The Bertz CT molecular complexity index is 2210. The molecule has 0 unspecified atom stereocenters. The Balaban J connectivity index is 0.831. The van der Waals surface area contributed by atoms with Gasteiger partial charge in [-0.25, -0.2) is 0 Å². The summed E-state index contributed by atoms with van der Waals surface area (Å²) in [4.78, 5) is 0. The summed E-state index contributed by atoms with van der Waals surface area (Å²) in [5.41, 5.74) is 11.0. The second-order valence-electron chi connectivity index (χ2n) is 17.6. The van der Waals surface area contributed by atoms with Crippen molar-refractivity contribution < 1.29 is 31.9 Å². The normalized spacial score (nSPS) is 11.5. The van der Waals surface area contributed by atoms with E-state index in [1.807, 2.05) is 24.3 Å². The molecule has 0 aliphatic carbocycles. The molecule has 0 saturated carbocycles. The molecule has 2 aromatic heterocycles. The van der Waals surface area contributed by atoms with E-state index in [1.165, 1.54) is 22.3 Å². The average molecular weight is 957 g/mol. The van der Waals surface area contributed by atoms with Gasteiger partial charge in [0.2, 0.25) is 0 Å². The van der Waals surface area contributed by atoms with E-state index in [-0.39, 0.29) is 0 Å². The number of hydrogen-bond donors (Lipinski definition) is 2. The SMILES string of the molecule is CC(C)Cc1ccc(CCCOc2ccc(CNCCCO[P+](=O)OCCCNCc3ccc(OCCCc4ccc(CC(C)C)c(Cl)c4)c(-c4ccoc4)c3)cc2-c2ccoc2)cc1Cl. The van der Waals surface area contributed by atoms with Gasteiger partial charge < -0.3 is 28.9 Å². The highest BCUT2D eigenvalue weighted by Gasteiger charge is 2.19. The molecule has 0 atom stereocenters. The van der Waals surface area contributed by atoms with Gasteiger partial charge in [-0.1, -0.05) is 87.3 Å². The van der Waals surface area contributed by atoms with E-state index in [4.69, 9.17) is 50.6 Å². The van der Waals surface area contributed by atoms with E-state index in [1.54, 1.807) is 25.1 Å². The number of nitrogens with one attached hydrogen (secondary N) is 2. The van der Waals surface area contributed by atoms with E-state index >= 15 is 0 Å². The number of furan rings is 2. The zero-order chi connectivity index (χ0) is 46.5. The molecule has 0 radical (unpaired) electrons. The van der Waals surface area contributed by atoms with Crippen molar-refractivity contribution in [3.8, 4) is 33.8 Å². The minimum atomic E-state index is -2.18. The molecule has 0 amide bonds. The fourth-order valence-corrected chi connectivity index (χ4v) is 8.90. The van der Waals surface area contributed by atoms with Crippen molar-refractivity contribution >= 4 is 31.5 Å². The molecule has 4 aromatic carbocycles. The van der Waals surface area contributed by atoms with Gasteiger partial charge in [0.05, 0.1) is 38.3 Å². The summed E-state index contributed by atoms with van der Waals surface area (Å²) in [5.74, 6) is 2.78. The second kappa shape index (κ2) is 27.4. The third-order valence-electron chi connectivity index (χ3n) is 11.0. The number of rotatable bonds is 30. The van der Waals surface area contributed by atoms with Crippen LogP contribution >= 0.6 is 31.5 Å². The maximum absolute atomic E-state index is 12.4. The molecule has 2 N–H and O–H groups in total. The maximum atomic E-state index is 12.4. The van der Waals surface area contributed by atoms with E-state index in [9.17, 15) is 4.57 Å². The smallest absolute Gasteiger partial charge is 0.493 e. The highest BCUT2D eigenvalue weighted by atomic mass is 35.5. The number of benzene rings is 4.